The lowest BCUT2D eigenvalue weighted by Gasteiger charge is -2.20. The molecule has 1 fully saturated rings. The maximum atomic E-state index is 4.90. The Hall–Kier alpha value is -1.06. The van der Waals surface area contributed by atoms with Crippen LogP contribution in [0.1, 0.15) is 31.0 Å². The summed E-state index contributed by atoms with van der Waals surface area (Å²) in [6.07, 6.45) is 3.72. The molecule has 0 saturated heterocycles. The molecule has 0 unspecified atom stereocenters. The average molecular weight is 153 g/mol. The molecule has 0 aliphatic heterocycles. The summed E-state index contributed by atoms with van der Waals surface area (Å²) in [6, 6.07) is 0.520. The van der Waals surface area contributed by atoms with Gasteiger partial charge < -0.3 is 9.84 Å². The summed E-state index contributed by atoms with van der Waals surface area (Å²) in [5.41, 5.74) is 0. The Kier molecular flexibility index (Phi) is 1.52. The summed E-state index contributed by atoms with van der Waals surface area (Å²) < 4.78 is 4.90. The monoisotopic (exact) mass is 153 g/mol. The summed E-state index contributed by atoms with van der Waals surface area (Å²) in [7, 11) is 1.78. The van der Waals surface area contributed by atoms with Crippen LogP contribution in [0.15, 0.2) is 4.52 Å². The number of aromatic nitrogens is 2. The minimum absolute atomic E-state index is 0.520. The Balaban J connectivity index is 2.11. The largest absolute Gasteiger partial charge is 0.341 e. The van der Waals surface area contributed by atoms with Gasteiger partial charge in [-0.3, -0.25) is 0 Å². The van der Waals surface area contributed by atoms with Crippen LogP contribution in [-0.2, 0) is 0 Å². The second-order valence-electron chi connectivity index (χ2n) is 2.84. The molecule has 0 amide bonds. The van der Waals surface area contributed by atoms with E-state index in [9.17, 15) is 0 Å². The zero-order valence-electron chi connectivity index (χ0n) is 6.50. The standard InChI is InChI=1S/C7H11N3O/c1-8-7-9-6(10-11-7)5-3-2-4-5/h5H,2-4H2,1H3,(H,8,9,10). The third kappa shape index (κ3) is 1.08. The molecule has 1 saturated carbocycles. The van der Waals surface area contributed by atoms with Gasteiger partial charge in [0.25, 0.3) is 0 Å². The molecule has 2 rings (SSSR count). The van der Waals surface area contributed by atoms with E-state index in [1.807, 2.05) is 0 Å². The van der Waals surface area contributed by atoms with Gasteiger partial charge in [0.1, 0.15) is 0 Å². The van der Waals surface area contributed by atoms with Gasteiger partial charge in [0, 0.05) is 13.0 Å². The van der Waals surface area contributed by atoms with Gasteiger partial charge in [-0.1, -0.05) is 11.6 Å². The molecule has 1 aliphatic rings. The number of hydrogen-bond acceptors (Lipinski definition) is 4. The molecule has 1 aliphatic carbocycles. The van der Waals surface area contributed by atoms with Crippen LogP contribution in [0.3, 0.4) is 0 Å². The normalized spacial score (nSPS) is 17.9. The maximum absolute atomic E-state index is 4.90. The van der Waals surface area contributed by atoms with Crippen molar-refractivity contribution in [3.8, 4) is 0 Å². The van der Waals surface area contributed by atoms with E-state index in [2.05, 4.69) is 15.5 Å². The van der Waals surface area contributed by atoms with E-state index in [0.717, 1.165) is 5.82 Å². The zero-order chi connectivity index (χ0) is 7.68. The minimum Gasteiger partial charge on any atom is -0.341 e. The topological polar surface area (TPSA) is 51.0 Å². The van der Waals surface area contributed by atoms with Gasteiger partial charge in [0.2, 0.25) is 0 Å². The highest BCUT2D eigenvalue weighted by molar-refractivity contribution is 5.17. The molecule has 0 bridgehead atoms. The molecule has 0 aromatic carbocycles. The van der Waals surface area contributed by atoms with Crippen LogP contribution < -0.4 is 5.32 Å². The minimum atomic E-state index is 0.520. The molecule has 4 nitrogen and oxygen atoms in total. The first-order chi connectivity index (χ1) is 5.40. The van der Waals surface area contributed by atoms with Gasteiger partial charge in [0.05, 0.1) is 0 Å². The Morgan fingerprint density at radius 1 is 1.55 bits per heavy atom. The van der Waals surface area contributed by atoms with Gasteiger partial charge in [-0.15, -0.1) is 0 Å². The number of rotatable bonds is 2. The van der Waals surface area contributed by atoms with Gasteiger partial charge in [-0.2, -0.15) is 4.98 Å². The summed E-state index contributed by atoms with van der Waals surface area (Å²) in [4.78, 5) is 4.16. The summed E-state index contributed by atoms with van der Waals surface area (Å²) in [5.74, 6) is 1.42. The maximum Gasteiger partial charge on any atom is 0.321 e. The lowest BCUT2D eigenvalue weighted by molar-refractivity contribution is 0.366. The first kappa shape index (κ1) is 6.64. The van der Waals surface area contributed by atoms with Crippen molar-refractivity contribution in [3.05, 3.63) is 5.82 Å². The van der Waals surface area contributed by atoms with E-state index in [1.165, 1.54) is 19.3 Å². The van der Waals surface area contributed by atoms with E-state index in [-0.39, 0.29) is 0 Å². The molecule has 1 aromatic heterocycles. The van der Waals surface area contributed by atoms with Gasteiger partial charge >= 0.3 is 6.01 Å². The van der Waals surface area contributed by atoms with Gasteiger partial charge in [-0.25, -0.2) is 0 Å². The molecular weight excluding hydrogens is 142 g/mol. The molecule has 0 atom stereocenters. The van der Waals surface area contributed by atoms with Crippen molar-refractivity contribution in [2.45, 2.75) is 25.2 Å². The third-order valence-electron chi connectivity index (χ3n) is 2.13. The summed E-state index contributed by atoms with van der Waals surface area (Å²) >= 11 is 0. The Morgan fingerprint density at radius 3 is 2.82 bits per heavy atom. The molecular formula is C7H11N3O. The highest BCUT2D eigenvalue weighted by atomic mass is 16.5. The fraction of sp³-hybridized carbons (Fsp3) is 0.714. The van der Waals surface area contributed by atoms with Crippen molar-refractivity contribution in [2.75, 3.05) is 12.4 Å². The smallest absolute Gasteiger partial charge is 0.321 e. The van der Waals surface area contributed by atoms with Crippen molar-refractivity contribution >= 4 is 6.01 Å². The first-order valence-electron chi connectivity index (χ1n) is 3.91. The molecule has 1 N–H and O–H groups in total. The van der Waals surface area contributed by atoms with Crippen molar-refractivity contribution in [1.82, 2.24) is 10.1 Å². The zero-order valence-corrected chi connectivity index (χ0v) is 6.50. The summed E-state index contributed by atoms with van der Waals surface area (Å²) in [6.45, 7) is 0. The molecule has 0 radical (unpaired) electrons. The fourth-order valence-corrected chi connectivity index (χ4v) is 1.17. The molecule has 60 valence electrons. The van der Waals surface area contributed by atoms with E-state index in [4.69, 9.17) is 4.52 Å². The fourth-order valence-electron chi connectivity index (χ4n) is 1.17. The SMILES string of the molecule is CNc1nc(C2CCC2)no1. The van der Waals surface area contributed by atoms with Crippen LogP contribution in [0, 0.1) is 0 Å². The van der Waals surface area contributed by atoms with Gasteiger partial charge in [0.15, 0.2) is 5.82 Å². The number of hydrogen-bond donors (Lipinski definition) is 1. The molecule has 1 aromatic rings. The Morgan fingerprint density at radius 2 is 2.36 bits per heavy atom. The Bertz CT molecular complexity index is 242. The first-order valence-corrected chi connectivity index (χ1v) is 3.91. The Labute approximate surface area is 65.0 Å². The predicted molar refractivity (Wildman–Crippen MR) is 40.4 cm³/mol. The second-order valence-corrected chi connectivity index (χ2v) is 2.84. The van der Waals surface area contributed by atoms with Crippen LogP contribution in [0.5, 0.6) is 0 Å². The van der Waals surface area contributed by atoms with Crippen LogP contribution in [0.25, 0.3) is 0 Å². The highest BCUT2D eigenvalue weighted by Crippen LogP contribution is 2.34. The molecule has 11 heavy (non-hydrogen) atoms. The average Bonchev–Trinajstić information content (AvgIpc) is 2.32. The van der Waals surface area contributed by atoms with Crippen molar-refractivity contribution in [2.24, 2.45) is 0 Å². The number of nitrogens with one attached hydrogen (secondary N) is 1. The lowest BCUT2D eigenvalue weighted by atomic mass is 9.85. The number of nitrogens with zero attached hydrogens (tertiary/aromatic N) is 2. The second kappa shape index (κ2) is 2.53. The van der Waals surface area contributed by atoms with E-state index in [0.29, 0.717) is 11.9 Å². The van der Waals surface area contributed by atoms with Crippen molar-refractivity contribution < 1.29 is 4.52 Å². The van der Waals surface area contributed by atoms with Crippen LogP contribution in [0.4, 0.5) is 6.01 Å². The lowest BCUT2D eigenvalue weighted by Crippen LogP contribution is -2.10. The van der Waals surface area contributed by atoms with E-state index in [1.54, 1.807) is 7.05 Å². The molecule has 1 heterocycles. The third-order valence-corrected chi connectivity index (χ3v) is 2.13. The van der Waals surface area contributed by atoms with E-state index >= 15 is 0 Å². The van der Waals surface area contributed by atoms with Crippen molar-refractivity contribution in [1.29, 1.82) is 0 Å². The highest BCUT2D eigenvalue weighted by Gasteiger charge is 2.24. The number of anilines is 1. The molecule has 0 spiro atoms. The van der Waals surface area contributed by atoms with Crippen LogP contribution >= 0.6 is 0 Å². The predicted octanol–water partition coefficient (Wildman–Crippen LogP) is 1.38. The summed E-state index contributed by atoms with van der Waals surface area (Å²) in [5, 5.41) is 6.67. The van der Waals surface area contributed by atoms with Crippen LogP contribution in [0.2, 0.25) is 0 Å². The van der Waals surface area contributed by atoms with Gasteiger partial charge in [-0.05, 0) is 12.8 Å². The molecule has 4 heteroatoms. The van der Waals surface area contributed by atoms with Crippen LogP contribution in [-0.4, -0.2) is 17.2 Å². The quantitative estimate of drug-likeness (QED) is 0.697. The van der Waals surface area contributed by atoms with E-state index < -0.39 is 0 Å². The van der Waals surface area contributed by atoms with Crippen molar-refractivity contribution in [3.63, 3.8) is 0 Å².